The van der Waals surface area contributed by atoms with Gasteiger partial charge in [0.15, 0.2) is 17.3 Å². The molecule has 0 aliphatic carbocycles. The van der Waals surface area contributed by atoms with E-state index in [1.807, 2.05) is 44.2 Å². The zero-order valence-electron chi connectivity index (χ0n) is 15.9. The quantitative estimate of drug-likeness (QED) is 0.352. The molecule has 0 unspecified atom stereocenters. The topological polar surface area (TPSA) is 61.5 Å². The third kappa shape index (κ3) is 5.14. The van der Waals surface area contributed by atoms with Gasteiger partial charge in [0.05, 0.1) is 19.9 Å². The van der Waals surface area contributed by atoms with E-state index < -0.39 is 0 Å². The van der Waals surface area contributed by atoms with Gasteiger partial charge >= 0.3 is 0 Å². The third-order valence-electron chi connectivity index (χ3n) is 3.86. The molecule has 1 aromatic heterocycles. The van der Waals surface area contributed by atoms with Crippen LogP contribution in [0.5, 0.6) is 11.5 Å². The average molecular weight is 461 g/mol. The lowest BCUT2D eigenvalue weighted by molar-refractivity contribution is 0.311. The number of hydrogen-bond donors (Lipinski definition) is 0. The highest BCUT2D eigenvalue weighted by molar-refractivity contribution is 9.10. The summed E-state index contributed by atoms with van der Waals surface area (Å²) in [6.07, 6.45) is 1.76. The van der Waals surface area contributed by atoms with Gasteiger partial charge in [-0.2, -0.15) is 9.78 Å². The molecule has 0 spiro atoms. The Labute approximate surface area is 177 Å². The lowest BCUT2D eigenvalue weighted by atomic mass is 10.2. The molecule has 0 aliphatic heterocycles. The van der Waals surface area contributed by atoms with Crippen LogP contribution in [0.15, 0.2) is 57.2 Å². The summed E-state index contributed by atoms with van der Waals surface area (Å²) < 4.78 is 13.8. The van der Waals surface area contributed by atoms with Gasteiger partial charge in [-0.05, 0) is 55.3 Å². The number of benzene rings is 2. The molecule has 3 aromatic rings. The molecule has 0 saturated heterocycles. The van der Waals surface area contributed by atoms with Crippen molar-refractivity contribution >= 4 is 33.9 Å². The molecule has 6 nitrogen and oxygen atoms in total. The van der Waals surface area contributed by atoms with Crippen LogP contribution in [-0.4, -0.2) is 34.8 Å². The van der Waals surface area contributed by atoms with E-state index in [-0.39, 0.29) is 0 Å². The second-order valence-corrected chi connectivity index (χ2v) is 7.70. The largest absolute Gasteiger partial charge is 0.493 e. The van der Waals surface area contributed by atoms with E-state index in [4.69, 9.17) is 9.47 Å². The van der Waals surface area contributed by atoms with E-state index in [1.54, 1.807) is 29.8 Å². The van der Waals surface area contributed by atoms with Crippen molar-refractivity contribution in [3.63, 3.8) is 0 Å². The zero-order chi connectivity index (χ0) is 19.9. The summed E-state index contributed by atoms with van der Waals surface area (Å²) in [5.74, 6) is 2.91. The summed E-state index contributed by atoms with van der Waals surface area (Å²) in [6.45, 7) is 4.41. The molecule has 3 rings (SSSR count). The lowest BCUT2D eigenvalue weighted by Gasteiger charge is -2.09. The summed E-state index contributed by atoms with van der Waals surface area (Å²) >= 11 is 5.05. The van der Waals surface area contributed by atoms with Crippen LogP contribution in [0.3, 0.4) is 0 Å². The predicted octanol–water partition coefficient (Wildman–Crippen LogP) is 4.93. The molecule has 0 N–H and O–H groups in total. The summed E-state index contributed by atoms with van der Waals surface area (Å²) in [6, 6.07) is 13.9. The van der Waals surface area contributed by atoms with Crippen LogP contribution >= 0.6 is 27.7 Å². The first-order valence-electron chi connectivity index (χ1n) is 8.75. The lowest BCUT2D eigenvalue weighted by Crippen LogP contribution is -1.98. The van der Waals surface area contributed by atoms with E-state index in [0.717, 1.165) is 26.8 Å². The predicted molar refractivity (Wildman–Crippen MR) is 116 cm³/mol. The number of hydrogen-bond acceptors (Lipinski definition) is 6. The second-order valence-electron chi connectivity index (χ2n) is 5.84. The van der Waals surface area contributed by atoms with Gasteiger partial charge in [0.1, 0.15) is 0 Å². The second kappa shape index (κ2) is 9.75. The van der Waals surface area contributed by atoms with Crippen LogP contribution in [0.4, 0.5) is 0 Å². The fraction of sp³-hybridized carbons (Fsp3) is 0.250. The molecular formula is C20H21BrN4O2S. The van der Waals surface area contributed by atoms with Crippen molar-refractivity contribution in [1.82, 2.24) is 14.9 Å². The molecule has 0 bridgehead atoms. The van der Waals surface area contributed by atoms with Crippen LogP contribution in [0, 0.1) is 6.92 Å². The number of thioether (sulfide) groups is 1. The number of nitrogens with zero attached hydrogens (tertiary/aromatic N) is 4. The van der Waals surface area contributed by atoms with Gasteiger partial charge in [-0.1, -0.05) is 39.8 Å². The minimum Gasteiger partial charge on any atom is -0.493 e. The van der Waals surface area contributed by atoms with E-state index in [1.165, 1.54) is 5.56 Å². The summed E-state index contributed by atoms with van der Waals surface area (Å²) in [5.41, 5.74) is 2.11. The van der Waals surface area contributed by atoms with Crippen molar-refractivity contribution in [2.75, 3.05) is 13.7 Å². The van der Waals surface area contributed by atoms with Crippen LogP contribution in [0.1, 0.15) is 23.9 Å². The van der Waals surface area contributed by atoms with Crippen molar-refractivity contribution in [3.8, 4) is 11.5 Å². The summed E-state index contributed by atoms with van der Waals surface area (Å²) in [4.78, 5) is 0. The Bertz CT molecular complexity index is 957. The maximum absolute atomic E-state index is 5.55. The molecule has 28 heavy (non-hydrogen) atoms. The van der Waals surface area contributed by atoms with E-state index >= 15 is 0 Å². The van der Waals surface area contributed by atoms with Gasteiger partial charge < -0.3 is 9.47 Å². The highest BCUT2D eigenvalue weighted by atomic mass is 79.9. The first kappa shape index (κ1) is 20.4. The Balaban J connectivity index is 1.75. The minimum atomic E-state index is 0.586. The molecule has 0 radical (unpaired) electrons. The third-order valence-corrected chi connectivity index (χ3v) is 5.38. The van der Waals surface area contributed by atoms with E-state index in [2.05, 4.69) is 43.4 Å². The van der Waals surface area contributed by atoms with Gasteiger partial charge in [0.25, 0.3) is 0 Å². The highest BCUT2D eigenvalue weighted by Crippen LogP contribution is 2.28. The van der Waals surface area contributed by atoms with Crippen molar-refractivity contribution in [2.45, 2.75) is 24.8 Å². The number of aromatic nitrogens is 3. The number of ether oxygens (including phenoxy) is 2. The minimum absolute atomic E-state index is 0.586. The molecule has 2 aromatic carbocycles. The SMILES string of the molecule is CCOc1ccc(/C=N\n2c(C)nnc2SCc2ccc(Br)cc2)cc1OC. The van der Waals surface area contributed by atoms with Crippen LogP contribution in [0.2, 0.25) is 0 Å². The normalized spacial score (nSPS) is 11.1. The summed E-state index contributed by atoms with van der Waals surface area (Å²) in [7, 11) is 1.62. The van der Waals surface area contributed by atoms with Crippen LogP contribution < -0.4 is 9.47 Å². The number of methoxy groups -OCH3 is 1. The molecular weight excluding hydrogens is 440 g/mol. The highest BCUT2D eigenvalue weighted by Gasteiger charge is 2.09. The first-order valence-corrected chi connectivity index (χ1v) is 10.5. The Morgan fingerprint density at radius 1 is 1.14 bits per heavy atom. The fourth-order valence-corrected chi connectivity index (χ4v) is 3.61. The Morgan fingerprint density at radius 3 is 2.64 bits per heavy atom. The van der Waals surface area contributed by atoms with Crippen molar-refractivity contribution in [3.05, 3.63) is 63.9 Å². The van der Waals surface area contributed by atoms with Crippen LogP contribution in [-0.2, 0) is 5.75 Å². The molecule has 0 atom stereocenters. The number of aryl methyl sites for hydroxylation is 1. The molecule has 8 heteroatoms. The van der Waals surface area contributed by atoms with Crippen molar-refractivity contribution in [2.24, 2.45) is 5.10 Å². The first-order chi connectivity index (χ1) is 13.6. The Morgan fingerprint density at radius 2 is 1.93 bits per heavy atom. The number of halogens is 1. The molecule has 146 valence electrons. The zero-order valence-corrected chi connectivity index (χ0v) is 18.3. The van der Waals surface area contributed by atoms with Gasteiger partial charge in [-0.15, -0.1) is 10.2 Å². The van der Waals surface area contributed by atoms with Gasteiger partial charge in [-0.25, -0.2) is 0 Å². The van der Waals surface area contributed by atoms with E-state index in [0.29, 0.717) is 18.1 Å². The van der Waals surface area contributed by atoms with Gasteiger partial charge in [0.2, 0.25) is 5.16 Å². The van der Waals surface area contributed by atoms with Gasteiger partial charge in [0, 0.05) is 10.2 Å². The van der Waals surface area contributed by atoms with Crippen molar-refractivity contribution < 1.29 is 9.47 Å². The van der Waals surface area contributed by atoms with Crippen LogP contribution in [0.25, 0.3) is 0 Å². The molecule has 0 aliphatic rings. The molecule has 0 saturated carbocycles. The maximum atomic E-state index is 5.55. The molecule has 0 fully saturated rings. The average Bonchev–Trinajstić information content (AvgIpc) is 3.06. The Kier molecular flexibility index (Phi) is 7.11. The Hall–Kier alpha value is -2.32. The maximum Gasteiger partial charge on any atom is 0.212 e. The summed E-state index contributed by atoms with van der Waals surface area (Å²) in [5, 5.41) is 13.7. The standard InChI is InChI=1S/C20H21BrN4O2S/c1-4-27-18-10-7-16(11-19(18)26-3)12-22-25-14(2)23-24-20(25)28-13-15-5-8-17(21)9-6-15/h5-12H,4,13H2,1-3H3/b22-12-. The van der Waals surface area contributed by atoms with Gasteiger partial charge in [-0.3, -0.25) is 0 Å². The molecule has 0 amide bonds. The number of rotatable bonds is 8. The monoisotopic (exact) mass is 460 g/mol. The van der Waals surface area contributed by atoms with E-state index in [9.17, 15) is 0 Å². The van der Waals surface area contributed by atoms with Crippen molar-refractivity contribution in [1.29, 1.82) is 0 Å². The molecule has 1 heterocycles. The fourth-order valence-electron chi connectivity index (χ4n) is 2.45. The smallest absolute Gasteiger partial charge is 0.212 e.